The molecule has 0 bridgehead atoms. The van der Waals surface area contributed by atoms with Gasteiger partial charge in [-0.05, 0) is 30.9 Å². The van der Waals surface area contributed by atoms with Gasteiger partial charge in [-0.2, -0.15) is 0 Å². The Bertz CT molecular complexity index is 321. The molecule has 1 aliphatic rings. The van der Waals surface area contributed by atoms with Crippen molar-refractivity contribution in [2.24, 2.45) is 5.92 Å². The van der Waals surface area contributed by atoms with Gasteiger partial charge in [-0.25, -0.2) is 4.98 Å². The minimum atomic E-state index is 0.304. The summed E-state index contributed by atoms with van der Waals surface area (Å²) < 4.78 is 0. The lowest BCUT2D eigenvalue weighted by atomic mass is 9.98. The summed E-state index contributed by atoms with van der Waals surface area (Å²) in [7, 11) is 0. The number of piperidine rings is 1. The number of anilines is 2. The SMILES string of the molecule is Nc1cccc(N2CCC(CO)CC2)n1. The zero-order valence-corrected chi connectivity index (χ0v) is 8.76. The van der Waals surface area contributed by atoms with Crippen LogP contribution in [0.5, 0.6) is 0 Å². The number of aliphatic hydroxyl groups is 1. The summed E-state index contributed by atoms with van der Waals surface area (Å²) in [5.74, 6) is 1.98. The van der Waals surface area contributed by atoms with E-state index in [4.69, 9.17) is 10.8 Å². The van der Waals surface area contributed by atoms with Gasteiger partial charge in [0.25, 0.3) is 0 Å². The smallest absolute Gasteiger partial charge is 0.130 e. The second-order valence-electron chi connectivity index (χ2n) is 4.03. The number of nitrogens with zero attached hydrogens (tertiary/aromatic N) is 2. The third-order valence-electron chi connectivity index (χ3n) is 2.95. The van der Waals surface area contributed by atoms with Gasteiger partial charge in [0.15, 0.2) is 0 Å². The molecule has 2 heterocycles. The molecule has 0 aliphatic carbocycles. The molecule has 3 N–H and O–H groups in total. The Kier molecular flexibility index (Phi) is 3.06. The molecule has 1 saturated heterocycles. The van der Waals surface area contributed by atoms with E-state index in [0.29, 0.717) is 18.3 Å². The van der Waals surface area contributed by atoms with Crippen LogP contribution in [0.4, 0.5) is 11.6 Å². The summed E-state index contributed by atoms with van der Waals surface area (Å²) >= 11 is 0. The van der Waals surface area contributed by atoms with Crippen molar-refractivity contribution >= 4 is 11.6 Å². The van der Waals surface area contributed by atoms with Crippen LogP contribution in [0.3, 0.4) is 0 Å². The van der Waals surface area contributed by atoms with Crippen LogP contribution in [-0.2, 0) is 0 Å². The van der Waals surface area contributed by atoms with Gasteiger partial charge in [0.1, 0.15) is 11.6 Å². The molecule has 4 heteroatoms. The molecule has 0 atom stereocenters. The topological polar surface area (TPSA) is 62.4 Å². The van der Waals surface area contributed by atoms with E-state index < -0.39 is 0 Å². The number of aliphatic hydroxyl groups excluding tert-OH is 1. The molecule has 0 radical (unpaired) electrons. The zero-order valence-electron chi connectivity index (χ0n) is 8.76. The highest BCUT2D eigenvalue weighted by Crippen LogP contribution is 2.21. The largest absolute Gasteiger partial charge is 0.396 e. The number of rotatable bonds is 2. The van der Waals surface area contributed by atoms with E-state index in [2.05, 4.69) is 9.88 Å². The Morgan fingerprint density at radius 2 is 2.13 bits per heavy atom. The van der Waals surface area contributed by atoms with Crippen molar-refractivity contribution in [3.63, 3.8) is 0 Å². The van der Waals surface area contributed by atoms with Crippen LogP contribution in [0.1, 0.15) is 12.8 Å². The fourth-order valence-electron chi connectivity index (χ4n) is 1.96. The molecular formula is C11H17N3O. The minimum absolute atomic E-state index is 0.304. The second-order valence-corrected chi connectivity index (χ2v) is 4.03. The van der Waals surface area contributed by atoms with Crippen LogP contribution >= 0.6 is 0 Å². The van der Waals surface area contributed by atoms with E-state index in [1.165, 1.54) is 0 Å². The first kappa shape index (κ1) is 10.2. The van der Waals surface area contributed by atoms with Crippen molar-refractivity contribution in [3.8, 4) is 0 Å². The van der Waals surface area contributed by atoms with Gasteiger partial charge in [-0.1, -0.05) is 6.07 Å². The molecule has 0 spiro atoms. The monoisotopic (exact) mass is 207 g/mol. The van der Waals surface area contributed by atoms with Crippen molar-refractivity contribution < 1.29 is 5.11 Å². The van der Waals surface area contributed by atoms with Gasteiger partial charge >= 0.3 is 0 Å². The molecule has 82 valence electrons. The van der Waals surface area contributed by atoms with Crippen molar-refractivity contribution in [1.82, 2.24) is 4.98 Å². The molecule has 0 unspecified atom stereocenters. The lowest BCUT2D eigenvalue weighted by Crippen LogP contribution is -2.35. The van der Waals surface area contributed by atoms with Gasteiger partial charge < -0.3 is 15.7 Å². The van der Waals surface area contributed by atoms with E-state index in [-0.39, 0.29) is 0 Å². The van der Waals surface area contributed by atoms with Crippen LogP contribution < -0.4 is 10.6 Å². The third kappa shape index (κ3) is 2.39. The highest BCUT2D eigenvalue weighted by atomic mass is 16.3. The number of nitrogen functional groups attached to an aromatic ring is 1. The number of hydrogen-bond donors (Lipinski definition) is 2. The Labute approximate surface area is 89.7 Å². The standard InChI is InChI=1S/C11H17N3O/c12-10-2-1-3-11(13-10)14-6-4-9(8-15)5-7-14/h1-3,9,15H,4-8H2,(H2,12,13). The molecule has 2 rings (SSSR count). The first-order valence-electron chi connectivity index (χ1n) is 5.38. The predicted octanol–water partition coefficient (Wildman–Crippen LogP) is 0.872. The lowest BCUT2D eigenvalue weighted by molar-refractivity contribution is 0.203. The van der Waals surface area contributed by atoms with Gasteiger partial charge in [0.05, 0.1) is 0 Å². The molecule has 0 saturated carbocycles. The first-order valence-corrected chi connectivity index (χ1v) is 5.38. The summed E-state index contributed by atoms with van der Waals surface area (Å²) in [6.07, 6.45) is 2.07. The van der Waals surface area contributed by atoms with Crippen LogP contribution in [0.2, 0.25) is 0 Å². The number of aromatic nitrogens is 1. The van der Waals surface area contributed by atoms with Gasteiger partial charge in [0, 0.05) is 19.7 Å². The molecule has 0 amide bonds. The fraction of sp³-hybridized carbons (Fsp3) is 0.545. The Morgan fingerprint density at radius 1 is 1.40 bits per heavy atom. The molecule has 1 aliphatic heterocycles. The second kappa shape index (κ2) is 4.49. The van der Waals surface area contributed by atoms with Crippen LogP contribution in [-0.4, -0.2) is 29.8 Å². The zero-order chi connectivity index (χ0) is 10.7. The highest BCUT2D eigenvalue weighted by Gasteiger charge is 2.19. The highest BCUT2D eigenvalue weighted by molar-refractivity contribution is 5.44. The molecule has 0 aromatic carbocycles. The third-order valence-corrected chi connectivity index (χ3v) is 2.95. The summed E-state index contributed by atoms with van der Waals surface area (Å²) in [5, 5.41) is 9.04. The van der Waals surface area contributed by atoms with Crippen LogP contribution in [0.15, 0.2) is 18.2 Å². The Balaban J connectivity index is 2.01. The molecule has 1 fully saturated rings. The van der Waals surface area contributed by atoms with E-state index in [1.54, 1.807) is 6.07 Å². The maximum atomic E-state index is 9.04. The van der Waals surface area contributed by atoms with E-state index in [0.717, 1.165) is 31.7 Å². The van der Waals surface area contributed by atoms with Crippen LogP contribution in [0, 0.1) is 5.92 Å². The summed E-state index contributed by atoms with van der Waals surface area (Å²) in [6.45, 7) is 2.22. The van der Waals surface area contributed by atoms with E-state index in [1.807, 2.05) is 12.1 Å². The predicted molar refractivity (Wildman–Crippen MR) is 60.7 cm³/mol. The number of pyridine rings is 1. The summed E-state index contributed by atoms with van der Waals surface area (Å²) in [6, 6.07) is 5.70. The van der Waals surface area contributed by atoms with Gasteiger partial charge in [-0.3, -0.25) is 0 Å². The summed E-state index contributed by atoms with van der Waals surface area (Å²) in [4.78, 5) is 6.51. The number of nitrogens with two attached hydrogens (primary N) is 1. The molecular weight excluding hydrogens is 190 g/mol. The molecule has 4 nitrogen and oxygen atoms in total. The minimum Gasteiger partial charge on any atom is -0.396 e. The number of hydrogen-bond acceptors (Lipinski definition) is 4. The average Bonchev–Trinajstić information content (AvgIpc) is 2.29. The fourth-order valence-corrected chi connectivity index (χ4v) is 1.96. The lowest BCUT2D eigenvalue weighted by Gasteiger charge is -2.31. The maximum Gasteiger partial charge on any atom is 0.130 e. The quantitative estimate of drug-likeness (QED) is 0.755. The van der Waals surface area contributed by atoms with Crippen molar-refractivity contribution in [2.45, 2.75) is 12.8 Å². The van der Waals surface area contributed by atoms with Crippen molar-refractivity contribution in [1.29, 1.82) is 0 Å². The molecule has 15 heavy (non-hydrogen) atoms. The van der Waals surface area contributed by atoms with Gasteiger partial charge in [0.2, 0.25) is 0 Å². The van der Waals surface area contributed by atoms with Crippen LogP contribution in [0.25, 0.3) is 0 Å². The summed E-state index contributed by atoms with van der Waals surface area (Å²) in [5.41, 5.74) is 5.64. The van der Waals surface area contributed by atoms with Crippen molar-refractivity contribution in [3.05, 3.63) is 18.2 Å². The molecule has 1 aromatic rings. The average molecular weight is 207 g/mol. The Hall–Kier alpha value is -1.29. The normalized spacial score (nSPS) is 18.1. The maximum absolute atomic E-state index is 9.04. The van der Waals surface area contributed by atoms with Gasteiger partial charge in [-0.15, -0.1) is 0 Å². The Morgan fingerprint density at radius 3 is 2.73 bits per heavy atom. The molecule has 1 aromatic heterocycles. The van der Waals surface area contributed by atoms with E-state index in [9.17, 15) is 0 Å². The first-order chi connectivity index (χ1) is 7.29. The van der Waals surface area contributed by atoms with Crippen molar-refractivity contribution in [2.75, 3.05) is 30.3 Å². The van der Waals surface area contributed by atoms with E-state index >= 15 is 0 Å².